The molecule has 3 rings (SSSR count). The Kier molecular flexibility index (Phi) is 6.61. The van der Waals surface area contributed by atoms with Crippen LogP contribution in [-0.4, -0.2) is 32.7 Å². The van der Waals surface area contributed by atoms with E-state index in [1.54, 1.807) is 48.5 Å². The molecule has 0 atom stereocenters. The van der Waals surface area contributed by atoms with Crippen molar-refractivity contribution in [3.63, 3.8) is 0 Å². The molecule has 0 aromatic heterocycles. The number of benzene rings is 2. The zero-order chi connectivity index (χ0) is 20.3. The van der Waals surface area contributed by atoms with Gasteiger partial charge in [0.15, 0.2) is 0 Å². The molecule has 0 bridgehead atoms. The first-order chi connectivity index (χ1) is 13.3. The van der Waals surface area contributed by atoms with Crippen LogP contribution >= 0.6 is 47.2 Å². The number of rotatable bonds is 6. The van der Waals surface area contributed by atoms with Gasteiger partial charge in [0.05, 0.1) is 16.3 Å². The molecular formula is C19H13Cl2NO4S2. The third-order valence-corrected chi connectivity index (χ3v) is 5.69. The molecule has 9 heteroatoms. The largest absolute Gasteiger partial charge is 0.481 e. The molecule has 144 valence electrons. The second-order valence-electron chi connectivity index (χ2n) is 5.72. The van der Waals surface area contributed by atoms with E-state index in [2.05, 4.69) is 0 Å². The molecule has 2 aromatic rings. The number of amides is 1. The first-order valence-electron chi connectivity index (χ1n) is 8.03. The minimum absolute atomic E-state index is 0.0406. The Balaban J connectivity index is 1.75. The molecule has 28 heavy (non-hydrogen) atoms. The van der Waals surface area contributed by atoms with Crippen molar-refractivity contribution < 1.29 is 19.4 Å². The Bertz CT molecular complexity index is 976. The van der Waals surface area contributed by atoms with Crippen molar-refractivity contribution in [3.05, 3.63) is 63.0 Å². The van der Waals surface area contributed by atoms with E-state index in [9.17, 15) is 9.59 Å². The predicted octanol–water partition coefficient (Wildman–Crippen LogP) is 5.46. The zero-order valence-corrected chi connectivity index (χ0v) is 17.4. The molecule has 0 radical (unpaired) electrons. The van der Waals surface area contributed by atoms with E-state index in [0.717, 1.165) is 11.8 Å². The average Bonchev–Trinajstić information content (AvgIpc) is 2.90. The normalized spacial score (nSPS) is 15.4. The van der Waals surface area contributed by atoms with E-state index < -0.39 is 5.97 Å². The number of hydrogen-bond donors (Lipinski definition) is 1. The quantitative estimate of drug-likeness (QED) is 0.462. The lowest BCUT2D eigenvalue weighted by atomic mass is 10.2. The van der Waals surface area contributed by atoms with Gasteiger partial charge in [-0.25, -0.2) is 0 Å². The summed E-state index contributed by atoms with van der Waals surface area (Å²) in [7, 11) is 0. The molecule has 1 aliphatic rings. The second-order valence-corrected chi connectivity index (χ2v) is 8.24. The molecule has 1 N–H and O–H groups in total. The maximum atomic E-state index is 12.5. The minimum Gasteiger partial charge on any atom is -0.481 e. The van der Waals surface area contributed by atoms with Crippen LogP contribution in [0.15, 0.2) is 47.4 Å². The summed E-state index contributed by atoms with van der Waals surface area (Å²) in [5, 5.41) is 9.81. The van der Waals surface area contributed by atoms with Gasteiger partial charge in [-0.1, -0.05) is 47.2 Å². The van der Waals surface area contributed by atoms with Crippen LogP contribution in [-0.2, 0) is 9.59 Å². The third kappa shape index (κ3) is 5.05. The van der Waals surface area contributed by atoms with Gasteiger partial charge in [0.25, 0.3) is 5.91 Å². The number of ether oxygens (including phenoxy) is 1. The van der Waals surface area contributed by atoms with Gasteiger partial charge in [0.2, 0.25) is 0 Å². The number of carbonyl (C=O) groups excluding carboxylic acids is 1. The SMILES string of the molecule is O=C(O)CCN1C(=O)/C(=C\c2ccc(Oc3ccc(Cl)cc3)cc2Cl)SC1=S. The van der Waals surface area contributed by atoms with Crippen molar-refractivity contribution in [2.75, 3.05) is 6.54 Å². The first kappa shape index (κ1) is 20.7. The van der Waals surface area contributed by atoms with E-state index in [4.69, 9.17) is 45.3 Å². The maximum Gasteiger partial charge on any atom is 0.305 e. The number of carbonyl (C=O) groups is 2. The van der Waals surface area contributed by atoms with Crippen LogP contribution in [0, 0.1) is 0 Å². The molecule has 0 aliphatic carbocycles. The van der Waals surface area contributed by atoms with Crippen molar-refractivity contribution in [2.45, 2.75) is 6.42 Å². The van der Waals surface area contributed by atoms with E-state index in [1.807, 2.05) is 0 Å². The molecule has 2 aromatic carbocycles. The van der Waals surface area contributed by atoms with E-state index in [1.165, 1.54) is 4.90 Å². The number of aliphatic carboxylic acids is 1. The van der Waals surface area contributed by atoms with Gasteiger partial charge in [-0.05, 0) is 54.1 Å². The molecule has 0 saturated carbocycles. The lowest BCUT2D eigenvalue weighted by Gasteiger charge is -2.12. The van der Waals surface area contributed by atoms with Crippen LogP contribution in [0.3, 0.4) is 0 Å². The summed E-state index contributed by atoms with van der Waals surface area (Å²) in [6.45, 7) is 0.0406. The number of carboxylic acid groups (broad SMARTS) is 1. The number of thiocarbonyl (C=S) groups is 1. The highest BCUT2D eigenvalue weighted by molar-refractivity contribution is 8.26. The van der Waals surface area contributed by atoms with Crippen LogP contribution < -0.4 is 4.74 Å². The summed E-state index contributed by atoms with van der Waals surface area (Å²) < 4.78 is 6.06. The van der Waals surface area contributed by atoms with Crippen LogP contribution in [0.25, 0.3) is 6.08 Å². The van der Waals surface area contributed by atoms with Gasteiger partial charge < -0.3 is 9.84 Å². The fraction of sp³-hybridized carbons (Fsp3) is 0.105. The minimum atomic E-state index is -0.989. The summed E-state index contributed by atoms with van der Waals surface area (Å²) in [6, 6.07) is 12.0. The van der Waals surface area contributed by atoms with Crippen molar-refractivity contribution in [1.82, 2.24) is 4.90 Å². The highest BCUT2D eigenvalue weighted by Crippen LogP contribution is 2.35. The second kappa shape index (κ2) is 8.96. The molecule has 1 fully saturated rings. The number of carboxylic acids is 1. The van der Waals surface area contributed by atoms with Crippen molar-refractivity contribution in [2.24, 2.45) is 0 Å². The Morgan fingerprint density at radius 1 is 1.18 bits per heavy atom. The van der Waals surface area contributed by atoms with Crippen LogP contribution in [0.2, 0.25) is 10.0 Å². The van der Waals surface area contributed by atoms with Crippen molar-refractivity contribution in [1.29, 1.82) is 0 Å². The summed E-state index contributed by atoms with van der Waals surface area (Å²) in [5.74, 6) is -0.155. The molecule has 1 amide bonds. The fourth-order valence-electron chi connectivity index (χ4n) is 2.37. The number of hydrogen-bond acceptors (Lipinski definition) is 5. The summed E-state index contributed by atoms with van der Waals surface area (Å²) in [6.07, 6.45) is 1.46. The lowest BCUT2D eigenvalue weighted by molar-refractivity contribution is -0.137. The van der Waals surface area contributed by atoms with Gasteiger partial charge in [-0.15, -0.1) is 0 Å². The van der Waals surface area contributed by atoms with Gasteiger partial charge in [-0.3, -0.25) is 14.5 Å². The van der Waals surface area contributed by atoms with Gasteiger partial charge in [-0.2, -0.15) is 0 Å². The summed E-state index contributed by atoms with van der Waals surface area (Å²) in [5.41, 5.74) is 0.629. The highest BCUT2D eigenvalue weighted by Gasteiger charge is 2.32. The first-order valence-corrected chi connectivity index (χ1v) is 10.0. The molecule has 1 aliphatic heterocycles. The number of halogens is 2. The molecular weight excluding hydrogens is 441 g/mol. The smallest absolute Gasteiger partial charge is 0.305 e. The van der Waals surface area contributed by atoms with Crippen LogP contribution in [0.5, 0.6) is 11.5 Å². The monoisotopic (exact) mass is 453 g/mol. The maximum absolute atomic E-state index is 12.5. The predicted molar refractivity (Wildman–Crippen MR) is 115 cm³/mol. The van der Waals surface area contributed by atoms with E-state index >= 15 is 0 Å². The zero-order valence-electron chi connectivity index (χ0n) is 14.2. The highest BCUT2D eigenvalue weighted by atomic mass is 35.5. The van der Waals surface area contributed by atoms with E-state index in [-0.39, 0.29) is 18.9 Å². The Morgan fingerprint density at radius 3 is 2.50 bits per heavy atom. The third-order valence-electron chi connectivity index (χ3n) is 3.73. The molecule has 1 heterocycles. The molecule has 0 spiro atoms. The summed E-state index contributed by atoms with van der Waals surface area (Å²) in [4.78, 5) is 24.9. The topological polar surface area (TPSA) is 66.8 Å². The Labute approximate surface area is 180 Å². The van der Waals surface area contributed by atoms with Crippen molar-refractivity contribution in [3.8, 4) is 11.5 Å². The standard InChI is InChI=1S/C19H13Cl2NO4S2/c20-12-2-5-13(6-3-12)26-14-4-1-11(15(21)10-14)9-16-18(25)22(19(27)28-16)8-7-17(23)24/h1-6,9-10H,7-8H2,(H,23,24)/b16-9+. The average molecular weight is 454 g/mol. The van der Waals surface area contributed by atoms with Gasteiger partial charge in [0.1, 0.15) is 15.8 Å². The van der Waals surface area contributed by atoms with Crippen molar-refractivity contribution >= 4 is 69.5 Å². The van der Waals surface area contributed by atoms with Crippen LogP contribution in [0.1, 0.15) is 12.0 Å². The molecule has 5 nitrogen and oxygen atoms in total. The number of thioether (sulfide) groups is 1. The fourth-order valence-corrected chi connectivity index (χ4v) is 4.02. The Hall–Kier alpha value is -2.06. The van der Waals surface area contributed by atoms with E-state index in [0.29, 0.717) is 36.3 Å². The summed E-state index contributed by atoms with van der Waals surface area (Å²) >= 11 is 18.5. The van der Waals surface area contributed by atoms with Crippen LogP contribution in [0.4, 0.5) is 0 Å². The Morgan fingerprint density at radius 2 is 1.86 bits per heavy atom. The van der Waals surface area contributed by atoms with Gasteiger partial charge >= 0.3 is 5.97 Å². The molecule has 0 unspecified atom stereocenters. The molecule has 1 saturated heterocycles. The van der Waals surface area contributed by atoms with Gasteiger partial charge in [0, 0.05) is 11.6 Å². The lowest BCUT2D eigenvalue weighted by Crippen LogP contribution is -2.30. The number of nitrogens with zero attached hydrogens (tertiary/aromatic N) is 1.